The molecular formula is C23H37BrO5. The Labute approximate surface area is 184 Å². The highest BCUT2D eigenvalue weighted by Crippen LogP contribution is 2.33. The molecule has 0 heterocycles. The van der Waals surface area contributed by atoms with E-state index in [9.17, 15) is 9.59 Å². The van der Waals surface area contributed by atoms with Crippen LogP contribution in [0.15, 0.2) is 23.0 Å². The molecule has 0 aliphatic heterocycles. The number of ether oxygens (including phenoxy) is 3. The first-order chi connectivity index (χ1) is 14.1. The predicted octanol–water partition coefficient (Wildman–Crippen LogP) is 6.01. The number of allylic oxidation sites excluding steroid dienone is 3. The van der Waals surface area contributed by atoms with Gasteiger partial charge in [0.25, 0.3) is 0 Å². The first-order valence-corrected chi connectivity index (χ1v) is 12.2. The lowest BCUT2D eigenvalue weighted by atomic mass is 9.89. The van der Waals surface area contributed by atoms with Crippen molar-refractivity contribution in [1.29, 1.82) is 0 Å². The van der Waals surface area contributed by atoms with Crippen molar-refractivity contribution >= 4 is 27.9 Å². The number of halogens is 1. The quantitative estimate of drug-likeness (QED) is 0.156. The van der Waals surface area contributed by atoms with Gasteiger partial charge in [-0.05, 0) is 70.4 Å². The number of hydrogen-bond donors (Lipinski definition) is 0. The van der Waals surface area contributed by atoms with Gasteiger partial charge in [-0.1, -0.05) is 34.3 Å². The van der Waals surface area contributed by atoms with Gasteiger partial charge in [-0.2, -0.15) is 0 Å². The number of alkyl halides is 1. The average molecular weight is 473 g/mol. The molecule has 0 aromatic heterocycles. The van der Waals surface area contributed by atoms with Crippen molar-refractivity contribution in [2.75, 3.05) is 25.2 Å². The third kappa shape index (κ3) is 11.5. The minimum absolute atomic E-state index is 0.163. The lowest BCUT2D eigenvalue weighted by Gasteiger charge is -2.23. The van der Waals surface area contributed by atoms with Crippen molar-refractivity contribution in [2.45, 2.75) is 84.5 Å². The second-order valence-corrected chi connectivity index (χ2v) is 7.90. The van der Waals surface area contributed by atoms with Crippen molar-refractivity contribution < 1.29 is 23.8 Å². The monoisotopic (exact) mass is 472 g/mol. The van der Waals surface area contributed by atoms with Crippen molar-refractivity contribution in [3.63, 3.8) is 0 Å². The number of hydrogen-bond acceptors (Lipinski definition) is 5. The van der Waals surface area contributed by atoms with Crippen LogP contribution in [0, 0.1) is 0 Å². The van der Waals surface area contributed by atoms with Crippen LogP contribution < -0.4 is 0 Å². The molecule has 1 aliphatic carbocycles. The molecule has 0 radical (unpaired) electrons. The van der Waals surface area contributed by atoms with Crippen LogP contribution in [0.1, 0.15) is 84.5 Å². The molecule has 0 saturated heterocycles. The molecule has 0 fully saturated rings. The van der Waals surface area contributed by atoms with Gasteiger partial charge < -0.3 is 14.2 Å². The molecule has 166 valence electrons. The molecule has 1 rings (SSSR count). The molecule has 0 unspecified atom stereocenters. The smallest absolute Gasteiger partial charge is 0.306 e. The Morgan fingerprint density at radius 1 is 0.931 bits per heavy atom. The van der Waals surface area contributed by atoms with Crippen LogP contribution in [-0.2, 0) is 23.8 Å². The van der Waals surface area contributed by atoms with Gasteiger partial charge in [0.15, 0.2) is 0 Å². The summed E-state index contributed by atoms with van der Waals surface area (Å²) in [5.41, 5.74) is 2.58. The second kappa shape index (κ2) is 16.5. The molecule has 0 bridgehead atoms. The summed E-state index contributed by atoms with van der Waals surface area (Å²) in [5, 5.41) is 1.06. The van der Waals surface area contributed by atoms with Gasteiger partial charge in [-0.15, -0.1) is 0 Å². The van der Waals surface area contributed by atoms with E-state index >= 15 is 0 Å². The fourth-order valence-electron chi connectivity index (χ4n) is 3.43. The number of esters is 2. The van der Waals surface area contributed by atoms with E-state index in [1.165, 1.54) is 36.8 Å². The van der Waals surface area contributed by atoms with E-state index in [1.54, 1.807) is 0 Å². The number of carbonyl (C=O) groups excluding carboxylic acids is 2. The Hall–Kier alpha value is -1.30. The highest BCUT2D eigenvalue weighted by Gasteiger charge is 2.19. The topological polar surface area (TPSA) is 61.8 Å². The molecule has 1 aliphatic rings. The van der Waals surface area contributed by atoms with E-state index in [0.29, 0.717) is 45.5 Å². The molecule has 0 spiro atoms. The normalized spacial score (nSPS) is 13.8. The summed E-state index contributed by atoms with van der Waals surface area (Å²) in [6.07, 6.45) is 12.0. The summed E-state index contributed by atoms with van der Waals surface area (Å²) in [6, 6.07) is 0. The Bertz CT molecular complexity index is 553. The molecule has 5 nitrogen and oxygen atoms in total. The Morgan fingerprint density at radius 2 is 1.62 bits per heavy atom. The Kier molecular flexibility index (Phi) is 14.6. The van der Waals surface area contributed by atoms with E-state index < -0.39 is 0 Å². The molecule has 0 N–H and O–H groups in total. The van der Waals surface area contributed by atoms with Crippen LogP contribution in [-0.4, -0.2) is 37.1 Å². The van der Waals surface area contributed by atoms with Gasteiger partial charge in [-0.25, -0.2) is 0 Å². The fraction of sp³-hybridized carbons (Fsp3) is 0.739. The third-order valence-electron chi connectivity index (χ3n) is 4.83. The summed E-state index contributed by atoms with van der Waals surface area (Å²) in [6.45, 7) is 4.93. The largest absolute Gasteiger partial charge is 0.494 e. The summed E-state index contributed by atoms with van der Waals surface area (Å²) in [7, 11) is 0. The molecule has 0 atom stereocenters. The summed E-state index contributed by atoms with van der Waals surface area (Å²) < 4.78 is 16.1. The number of unbranched alkanes of at least 4 members (excludes halogenated alkanes) is 3. The molecule has 0 aromatic rings. The standard InChI is InChI=1S/C23H37BrO5/c1-3-27-22(25)14-10-18-29-21-13-9-12-19(11-7-5-6-8-17-24)20(21)15-16-23(26)28-4-2/h13H,3-12,14-18H2,1-2H3. The van der Waals surface area contributed by atoms with Crippen LogP contribution in [0.25, 0.3) is 0 Å². The van der Waals surface area contributed by atoms with Crippen molar-refractivity contribution in [3.05, 3.63) is 23.0 Å². The lowest BCUT2D eigenvalue weighted by Crippen LogP contribution is -2.11. The number of carbonyl (C=O) groups is 2. The maximum Gasteiger partial charge on any atom is 0.306 e. The van der Waals surface area contributed by atoms with Crippen LogP contribution in [0.3, 0.4) is 0 Å². The van der Waals surface area contributed by atoms with Crippen LogP contribution in [0.5, 0.6) is 0 Å². The highest BCUT2D eigenvalue weighted by molar-refractivity contribution is 9.09. The molecular weight excluding hydrogens is 436 g/mol. The van der Waals surface area contributed by atoms with Crippen LogP contribution >= 0.6 is 15.9 Å². The van der Waals surface area contributed by atoms with Gasteiger partial charge in [-0.3, -0.25) is 9.59 Å². The Balaban J connectivity index is 2.64. The van der Waals surface area contributed by atoms with Gasteiger partial charge in [0.05, 0.1) is 19.8 Å². The predicted molar refractivity (Wildman–Crippen MR) is 119 cm³/mol. The van der Waals surface area contributed by atoms with E-state index in [-0.39, 0.29) is 11.9 Å². The minimum Gasteiger partial charge on any atom is -0.494 e. The lowest BCUT2D eigenvalue weighted by molar-refractivity contribution is -0.144. The average Bonchev–Trinajstić information content (AvgIpc) is 2.70. The highest BCUT2D eigenvalue weighted by atomic mass is 79.9. The zero-order chi connectivity index (χ0) is 21.3. The summed E-state index contributed by atoms with van der Waals surface area (Å²) in [5.74, 6) is 0.541. The molecule has 0 amide bonds. The molecule has 6 heteroatoms. The van der Waals surface area contributed by atoms with Crippen molar-refractivity contribution in [2.24, 2.45) is 0 Å². The molecule has 0 aromatic carbocycles. The van der Waals surface area contributed by atoms with Gasteiger partial charge in [0.2, 0.25) is 0 Å². The maximum atomic E-state index is 11.9. The minimum atomic E-state index is -0.184. The van der Waals surface area contributed by atoms with Gasteiger partial charge in [0.1, 0.15) is 5.76 Å². The van der Waals surface area contributed by atoms with Crippen molar-refractivity contribution in [1.82, 2.24) is 0 Å². The zero-order valence-electron chi connectivity index (χ0n) is 18.1. The third-order valence-corrected chi connectivity index (χ3v) is 5.40. The van der Waals surface area contributed by atoms with Crippen LogP contribution in [0.2, 0.25) is 0 Å². The molecule has 29 heavy (non-hydrogen) atoms. The van der Waals surface area contributed by atoms with E-state index in [2.05, 4.69) is 22.0 Å². The van der Waals surface area contributed by atoms with Crippen molar-refractivity contribution in [3.8, 4) is 0 Å². The summed E-state index contributed by atoms with van der Waals surface area (Å²) >= 11 is 3.48. The maximum absolute atomic E-state index is 11.9. The number of rotatable bonds is 16. The van der Waals surface area contributed by atoms with E-state index in [1.807, 2.05) is 13.8 Å². The van der Waals surface area contributed by atoms with E-state index in [0.717, 1.165) is 30.4 Å². The zero-order valence-corrected chi connectivity index (χ0v) is 19.7. The fourth-order valence-corrected chi connectivity index (χ4v) is 3.82. The molecule has 0 saturated carbocycles. The van der Waals surface area contributed by atoms with Crippen LogP contribution in [0.4, 0.5) is 0 Å². The Morgan fingerprint density at radius 3 is 2.31 bits per heavy atom. The first kappa shape index (κ1) is 25.7. The summed E-state index contributed by atoms with van der Waals surface area (Å²) in [4.78, 5) is 23.4. The second-order valence-electron chi connectivity index (χ2n) is 7.10. The first-order valence-electron chi connectivity index (χ1n) is 11.0. The van der Waals surface area contributed by atoms with Gasteiger partial charge >= 0.3 is 11.9 Å². The van der Waals surface area contributed by atoms with Gasteiger partial charge in [0, 0.05) is 18.2 Å². The SMILES string of the molecule is CCOC(=O)CCCOC1=CCCC(CCCCCCBr)=C1CCC(=O)OCC. The van der Waals surface area contributed by atoms with E-state index in [4.69, 9.17) is 14.2 Å².